The van der Waals surface area contributed by atoms with Gasteiger partial charge in [0.1, 0.15) is 23.8 Å². The maximum atomic E-state index is 6.49. The molecule has 1 atom stereocenters. The van der Waals surface area contributed by atoms with Gasteiger partial charge in [-0.25, -0.2) is 4.98 Å². The largest absolute Gasteiger partial charge is 0.543 e. The van der Waals surface area contributed by atoms with Crippen molar-refractivity contribution in [2.24, 2.45) is 0 Å². The minimum atomic E-state index is -2.06. The molecule has 0 N–H and O–H groups in total. The van der Waals surface area contributed by atoms with Crippen LogP contribution in [0.2, 0.25) is 18.1 Å². The van der Waals surface area contributed by atoms with E-state index >= 15 is 0 Å². The summed E-state index contributed by atoms with van der Waals surface area (Å²) in [5.74, 6) is 7.67. The lowest BCUT2D eigenvalue weighted by Crippen LogP contribution is -2.40. The Morgan fingerprint density at radius 1 is 1.25 bits per heavy atom. The van der Waals surface area contributed by atoms with Gasteiger partial charge in [0.2, 0.25) is 8.32 Å². The molecule has 2 aromatic rings. The fraction of sp³-hybridized carbons (Fsp3) is 0.500. The number of aromatic nitrogens is 1. The smallest absolute Gasteiger partial charge is 0.250 e. The van der Waals surface area contributed by atoms with E-state index < -0.39 is 8.32 Å². The molecule has 1 aromatic carbocycles. The minimum Gasteiger partial charge on any atom is -0.543 e. The first kappa shape index (κ1) is 24.3. The van der Waals surface area contributed by atoms with Crippen LogP contribution in [0.15, 0.2) is 30.8 Å². The van der Waals surface area contributed by atoms with Gasteiger partial charge >= 0.3 is 0 Å². The number of hydrogen-bond acceptors (Lipinski definition) is 5. The SMILES string of the molecule is C=C(O[Si](C)(C)C(C)(C)C)c1cc2cc(OC)ccc2nc1C#CCOC1CCCCO1. The Kier molecular flexibility index (Phi) is 7.66. The Morgan fingerprint density at radius 3 is 2.69 bits per heavy atom. The van der Waals surface area contributed by atoms with Crippen LogP contribution in [0.3, 0.4) is 0 Å². The van der Waals surface area contributed by atoms with Gasteiger partial charge in [0.05, 0.1) is 12.6 Å². The van der Waals surface area contributed by atoms with Gasteiger partial charge in [-0.15, -0.1) is 0 Å². The number of methoxy groups -OCH3 is 1. The van der Waals surface area contributed by atoms with Crippen molar-refractivity contribution in [2.75, 3.05) is 20.3 Å². The standard InChI is InChI=1S/C26H35NO4Si/c1-19(31-32(6,7)26(2,3)4)22-18-20-17-21(28-5)13-14-23(20)27-24(22)11-10-16-30-25-12-8-9-15-29-25/h13-14,17-18,25H,1,8-9,12,15-16H2,2-7H3. The molecule has 1 aliphatic heterocycles. The molecule has 2 heterocycles. The van der Waals surface area contributed by atoms with E-state index in [1.807, 2.05) is 24.3 Å². The molecule has 0 saturated carbocycles. The molecule has 1 fully saturated rings. The topological polar surface area (TPSA) is 49.8 Å². The summed E-state index contributed by atoms with van der Waals surface area (Å²) in [4.78, 5) is 4.81. The molecule has 0 bridgehead atoms. The van der Waals surface area contributed by atoms with Gasteiger partial charge in [0, 0.05) is 17.6 Å². The number of rotatable bonds is 6. The van der Waals surface area contributed by atoms with E-state index in [1.165, 1.54) is 0 Å². The Hall–Kier alpha value is -2.33. The van der Waals surface area contributed by atoms with Crippen LogP contribution >= 0.6 is 0 Å². The predicted octanol–water partition coefficient (Wildman–Crippen LogP) is 6.13. The lowest BCUT2D eigenvalue weighted by molar-refractivity contribution is -0.154. The number of benzene rings is 1. The summed E-state index contributed by atoms with van der Waals surface area (Å²) in [6.45, 7) is 16.3. The zero-order chi connectivity index (χ0) is 23.4. The second kappa shape index (κ2) is 10.1. The lowest BCUT2D eigenvalue weighted by Gasteiger charge is -2.37. The maximum Gasteiger partial charge on any atom is 0.250 e. The fourth-order valence-electron chi connectivity index (χ4n) is 3.20. The van der Waals surface area contributed by atoms with Crippen molar-refractivity contribution < 1.29 is 18.6 Å². The number of fused-ring (bicyclic) bond motifs is 1. The Labute approximate surface area is 193 Å². The molecule has 3 rings (SSSR count). The molecule has 5 nitrogen and oxygen atoms in total. The summed E-state index contributed by atoms with van der Waals surface area (Å²) in [6.07, 6.45) is 2.98. The summed E-state index contributed by atoms with van der Waals surface area (Å²) in [6, 6.07) is 7.84. The molecule has 32 heavy (non-hydrogen) atoms. The highest BCUT2D eigenvalue weighted by Crippen LogP contribution is 2.39. The summed E-state index contributed by atoms with van der Waals surface area (Å²) in [7, 11) is -0.404. The van der Waals surface area contributed by atoms with Crippen LogP contribution in [-0.4, -0.2) is 39.9 Å². The molecule has 1 unspecified atom stereocenters. The highest BCUT2D eigenvalue weighted by molar-refractivity contribution is 6.74. The van der Waals surface area contributed by atoms with Crippen LogP contribution in [-0.2, 0) is 13.9 Å². The van der Waals surface area contributed by atoms with E-state index in [4.69, 9.17) is 23.6 Å². The van der Waals surface area contributed by atoms with Gasteiger partial charge in [-0.05, 0) is 67.6 Å². The van der Waals surface area contributed by atoms with Crippen LogP contribution in [0, 0.1) is 11.8 Å². The molecular weight excluding hydrogens is 418 g/mol. The lowest BCUT2D eigenvalue weighted by atomic mass is 10.1. The van der Waals surface area contributed by atoms with E-state index in [-0.39, 0.29) is 11.3 Å². The van der Waals surface area contributed by atoms with Crippen molar-refractivity contribution >= 4 is 25.0 Å². The molecule has 0 spiro atoms. The normalized spacial score (nSPS) is 16.9. The molecule has 1 saturated heterocycles. The zero-order valence-electron chi connectivity index (χ0n) is 20.2. The van der Waals surface area contributed by atoms with Gasteiger partial charge < -0.3 is 18.6 Å². The second-order valence-corrected chi connectivity index (χ2v) is 14.4. The first-order chi connectivity index (χ1) is 15.1. The van der Waals surface area contributed by atoms with Crippen LogP contribution in [0.1, 0.15) is 51.3 Å². The van der Waals surface area contributed by atoms with Crippen molar-refractivity contribution in [3.63, 3.8) is 0 Å². The van der Waals surface area contributed by atoms with Gasteiger partial charge in [0.25, 0.3) is 0 Å². The van der Waals surface area contributed by atoms with Crippen molar-refractivity contribution in [1.29, 1.82) is 0 Å². The monoisotopic (exact) mass is 453 g/mol. The maximum absolute atomic E-state index is 6.49. The third-order valence-electron chi connectivity index (χ3n) is 6.19. The summed E-state index contributed by atoms with van der Waals surface area (Å²) in [5, 5.41) is 1.01. The summed E-state index contributed by atoms with van der Waals surface area (Å²) in [5.41, 5.74) is 2.28. The van der Waals surface area contributed by atoms with E-state index in [2.05, 4.69) is 52.3 Å². The number of ether oxygens (including phenoxy) is 3. The molecule has 0 radical (unpaired) electrons. The van der Waals surface area contributed by atoms with Gasteiger partial charge in [0.15, 0.2) is 6.29 Å². The summed E-state index contributed by atoms with van der Waals surface area (Å²) >= 11 is 0. The molecule has 1 aliphatic rings. The molecular formula is C26H35NO4Si. The molecule has 6 heteroatoms. The van der Waals surface area contributed by atoms with Crippen LogP contribution < -0.4 is 4.74 Å². The average Bonchev–Trinajstić information content (AvgIpc) is 2.75. The third-order valence-corrected chi connectivity index (χ3v) is 10.6. The van der Waals surface area contributed by atoms with Gasteiger partial charge in [-0.3, -0.25) is 0 Å². The first-order valence-electron chi connectivity index (χ1n) is 11.2. The minimum absolute atomic E-state index is 0.0586. The van der Waals surface area contributed by atoms with Crippen LogP contribution in [0.4, 0.5) is 0 Å². The van der Waals surface area contributed by atoms with Crippen LogP contribution in [0.5, 0.6) is 5.75 Å². The highest BCUT2D eigenvalue weighted by atomic mass is 28.4. The van der Waals surface area contributed by atoms with Gasteiger partial charge in [-0.2, -0.15) is 0 Å². The number of pyridine rings is 1. The number of hydrogen-bond donors (Lipinski definition) is 0. The van der Waals surface area contributed by atoms with E-state index in [1.54, 1.807) is 7.11 Å². The Morgan fingerprint density at radius 2 is 2.03 bits per heavy atom. The van der Waals surface area contributed by atoms with Crippen molar-refractivity contribution in [3.05, 3.63) is 42.1 Å². The summed E-state index contributed by atoms with van der Waals surface area (Å²) < 4.78 is 23.2. The van der Waals surface area contributed by atoms with E-state index in [0.29, 0.717) is 18.1 Å². The number of nitrogens with zero attached hydrogens (tertiary/aromatic N) is 1. The average molecular weight is 454 g/mol. The van der Waals surface area contributed by atoms with Crippen LogP contribution in [0.25, 0.3) is 16.7 Å². The van der Waals surface area contributed by atoms with E-state index in [9.17, 15) is 0 Å². The Bertz CT molecular complexity index is 1020. The molecule has 0 amide bonds. The Balaban J connectivity index is 1.91. The third kappa shape index (κ3) is 5.92. The highest BCUT2D eigenvalue weighted by Gasteiger charge is 2.39. The zero-order valence-corrected chi connectivity index (χ0v) is 21.2. The first-order valence-corrected chi connectivity index (χ1v) is 14.1. The fourth-order valence-corrected chi connectivity index (χ4v) is 4.23. The second-order valence-electron chi connectivity index (χ2n) is 9.64. The van der Waals surface area contributed by atoms with Crippen molar-refractivity contribution in [3.8, 4) is 17.6 Å². The van der Waals surface area contributed by atoms with Crippen molar-refractivity contribution in [2.45, 2.75) is 64.5 Å². The van der Waals surface area contributed by atoms with Crippen molar-refractivity contribution in [1.82, 2.24) is 4.98 Å². The van der Waals surface area contributed by atoms with Gasteiger partial charge in [-0.1, -0.05) is 33.3 Å². The van der Waals surface area contributed by atoms with E-state index in [0.717, 1.165) is 48.1 Å². The molecule has 1 aromatic heterocycles. The predicted molar refractivity (Wildman–Crippen MR) is 132 cm³/mol. The molecule has 172 valence electrons. The molecule has 0 aliphatic carbocycles. The quantitative estimate of drug-likeness (QED) is 0.299.